The average molecular weight is 422 g/mol. The molecule has 1 aliphatic carbocycles. The third-order valence-corrected chi connectivity index (χ3v) is 5.42. The highest BCUT2D eigenvalue weighted by Crippen LogP contribution is 2.41. The Hall–Kier alpha value is -2.00. The molecule has 0 amide bonds. The number of aromatic nitrogens is 5. The van der Waals surface area contributed by atoms with Crippen LogP contribution in [0.4, 0.5) is 0 Å². The average Bonchev–Trinajstić information content (AvgIpc) is 3.24. The number of hydrogen-bond acceptors (Lipinski definition) is 7. The highest BCUT2D eigenvalue weighted by Gasteiger charge is 2.32. The summed E-state index contributed by atoms with van der Waals surface area (Å²) in [5.74, 6) is 2.74. The van der Waals surface area contributed by atoms with Gasteiger partial charge in [-0.05, 0) is 32.0 Å². The fourth-order valence-corrected chi connectivity index (χ4v) is 3.59. The van der Waals surface area contributed by atoms with Crippen LogP contribution in [0.1, 0.15) is 36.5 Å². The van der Waals surface area contributed by atoms with E-state index in [4.69, 9.17) is 21.1 Å². The molecule has 2 fully saturated rings. The first kappa shape index (κ1) is 19.3. The largest absolute Gasteiger partial charge is 0.330 e. The lowest BCUT2D eigenvalue weighted by Gasteiger charge is -2.30. The third-order valence-electron chi connectivity index (χ3n) is 5.10. The maximum absolute atomic E-state index is 6.38. The van der Waals surface area contributed by atoms with Gasteiger partial charge in [-0.1, -0.05) is 28.9 Å². The number of piperazine rings is 1. The van der Waals surface area contributed by atoms with E-state index < -0.39 is 0 Å². The topological polar surface area (TPSA) is 84.9 Å². The molecule has 8 nitrogen and oxygen atoms in total. The molecule has 10 heteroatoms. The van der Waals surface area contributed by atoms with Gasteiger partial charge in [0.1, 0.15) is 5.82 Å². The van der Waals surface area contributed by atoms with Gasteiger partial charge in [-0.25, -0.2) is 9.67 Å². The highest BCUT2D eigenvalue weighted by molar-refractivity contribution is 6.32. The van der Waals surface area contributed by atoms with Crippen LogP contribution in [0.5, 0.6) is 0 Å². The Morgan fingerprint density at radius 1 is 1.21 bits per heavy atom. The van der Waals surface area contributed by atoms with E-state index in [9.17, 15) is 0 Å². The standard InChI is InChI=1S/C18H20ClN7O.ClH/c1-25-9-8-20-10-14(25)15-22-18(27-24-15)16-21-17(11-6-7-11)26(23-16)13-5-3-2-4-12(13)19;/h2-5,11,14,20H,6-10H2,1H3;1H. The van der Waals surface area contributed by atoms with Crippen molar-refractivity contribution in [1.29, 1.82) is 0 Å². The number of para-hydroxylation sites is 1. The molecule has 1 unspecified atom stereocenters. The fraction of sp³-hybridized carbons (Fsp3) is 0.444. The van der Waals surface area contributed by atoms with E-state index in [1.165, 1.54) is 0 Å². The molecule has 1 N–H and O–H groups in total. The van der Waals surface area contributed by atoms with Gasteiger partial charge in [-0.2, -0.15) is 4.98 Å². The molecule has 1 saturated carbocycles. The van der Waals surface area contributed by atoms with E-state index >= 15 is 0 Å². The summed E-state index contributed by atoms with van der Waals surface area (Å²) in [6.07, 6.45) is 2.21. The summed E-state index contributed by atoms with van der Waals surface area (Å²) in [7, 11) is 2.07. The number of benzene rings is 1. The Morgan fingerprint density at radius 3 is 2.79 bits per heavy atom. The van der Waals surface area contributed by atoms with E-state index in [0.717, 1.165) is 44.0 Å². The predicted octanol–water partition coefficient (Wildman–Crippen LogP) is 2.85. The van der Waals surface area contributed by atoms with Gasteiger partial charge in [0.25, 0.3) is 5.89 Å². The molecule has 1 atom stereocenters. The summed E-state index contributed by atoms with van der Waals surface area (Å²) < 4.78 is 7.31. The van der Waals surface area contributed by atoms with Crippen molar-refractivity contribution in [3.8, 4) is 17.4 Å². The first-order valence-corrected chi connectivity index (χ1v) is 9.55. The zero-order valence-electron chi connectivity index (χ0n) is 15.4. The highest BCUT2D eigenvalue weighted by atomic mass is 35.5. The van der Waals surface area contributed by atoms with Crippen LogP contribution in [0.2, 0.25) is 5.02 Å². The predicted molar refractivity (Wildman–Crippen MR) is 107 cm³/mol. The van der Waals surface area contributed by atoms with Gasteiger partial charge < -0.3 is 9.84 Å². The minimum Gasteiger partial charge on any atom is -0.330 e. The lowest BCUT2D eigenvalue weighted by molar-refractivity contribution is 0.190. The molecule has 2 aromatic heterocycles. The minimum absolute atomic E-state index is 0. The molecule has 0 bridgehead atoms. The minimum atomic E-state index is 0. The van der Waals surface area contributed by atoms with Crippen LogP contribution in [0, 0.1) is 0 Å². The maximum atomic E-state index is 6.38. The second kappa shape index (κ2) is 7.79. The Morgan fingerprint density at radius 2 is 2.04 bits per heavy atom. The van der Waals surface area contributed by atoms with Crippen molar-refractivity contribution in [2.75, 3.05) is 26.7 Å². The van der Waals surface area contributed by atoms with Crippen molar-refractivity contribution in [3.05, 3.63) is 40.9 Å². The van der Waals surface area contributed by atoms with Crippen molar-refractivity contribution < 1.29 is 4.52 Å². The molecule has 0 radical (unpaired) electrons. The first-order valence-electron chi connectivity index (χ1n) is 9.17. The van der Waals surface area contributed by atoms with Crippen LogP contribution in [-0.2, 0) is 0 Å². The zero-order valence-corrected chi connectivity index (χ0v) is 16.9. The quantitative estimate of drug-likeness (QED) is 0.692. The summed E-state index contributed by atoms with van der Waals surface area (Å²) in [5.41, 5.74) is 0.816. The van der Waals surface area contributed by atoms with Crippen LogP contribution in [-0.4, -0.2) is 56.5 Å². The van der Waals surface area contributed by atoms with Crippen molar-refractivity contribution in [1.82, 2.24) is 35.1 Å². The third kappa shape index (κ3) is 3.53. The molecule has 3 heterocycles. The maximum Gasteiger partial charge on any atom is 0.297 e. The van der Waals surface area contributed by atoms with Crippen LogP contribution >= 0.6 is 24.0 Å². The summed E-state index contributed by atoms with van der Waals surface area (Å²) >= 11 is 6.38. The van der Waals surface area contributed by atoms with Crippen LogP contribution in [0.15, 0.2) is 28.8 Å². The number of hydrogen-bond donors (Lipinski definition) is 1. The summed E-state index contributed by atoms with van der Waals surface area (Å²) in [6, 6.07) is 7.72. The molecule has 1 aliphatic heterocycles. The monoisotopic (exact) mass is 421 g/mol. The molecule has 28 heavy (non-hydrogen) atoms. The molecule has 3 aromatic rings. The van der Waals surface area contributed by atoms with Gasteiger partial charge in [-0.15, -0.1) is 17.5 Å². The van der Waals surface area contributed by atoms with Crippen molar-refractivity contribution in [3.63, 3.8) is 0 Å². The van der Waals surface area contributed by atoms with Crippen LogP contribution in [0.3, 0.4) is 0 Å². The number of nitrogens with one attached hydrogen (secondary N) is 1. The van der Waals surface area contributed by atoms with Crippen LogP contribution in [0.25, 0.3) is 17.4 Å². The molecule has 0 spiro atoms. The molecule has 2 aliphatic rings. The number of halogens is 2. The van der Waals surface area contributed by atoms with Gasteiger partial charge >= 0.3 is 0 Å². The lowest BCUT2D eigenvalue weighted by Crippen LogP contribution is -2.44. The molecular weight excluding hydrogens is 401 g/mol. The first-order chi connectivity index (χ1) is 13.2. The van der Waals surface area contributed by atoms with E-state index in [2.05, 4.69) is 32.5 Å². The van der Waals surface area contributed by atoms with Gasteiger partial charge in [0, 0.05) is 25.6 Å². The summed E-state index contributed by atoms with van der Waals surface area (Å²) in [6.45, 7) is 2.70. The van der Waals surface area contributed by atoms with Gasteiger partial charge in [0.05, 0.1) is 16.8 Å². The summed E-state index contributed by atoms with van der Waals surface area (Å²) in [4.78, 5) is 11.5. The SMILES string of the molecule is CN1CCNCC1c1noc(-c2nc(C3CC3)n(-c3ccccc3Cl)n2)n1.Cl. The zero-order chi connectivity index (χ0) is 18.4. The van der Waals surface area contributed by atoms with Crippen molar-refractivity contribution >= 4 is 24.0 Å². The van der Waals surface area contributed by atoms with Crippen LogP contribution < -0.4 is 5.32 Å². The molecule has 1 aromatic carbocycles. The van der Waals surface area contributed by atoms with Gasteiger partial charge in [0.2, 0.25) is 5.82 Å². The van der Waals surface area contributed by atoms with Gasteiger partial charge in [-0.3, -0.25) is 4.90 Å². The van der Waals surface area contributed by atoms with E-state index in [1.54, 1.807) is 0 Å². The second-order valence-electron chi connectivity index (χ2n) is 7.09. The number of nitrogens with zero attached hydrogens (tertiary/aromatic N) is 6. The second-order valence-corrected chi connectivity index (χ2v) is 7.50. The molecule has 1 saturated heterocycles. The Kier molecular flexibility index (Phi) is 5.37. The molecular formula is C18H21Cl2N7O. The normalized spacial score (nSPS) is 20.1. The van der Waals surface area contributed by atoms with E-state index in [0.29, 0.717) is 28.5 Å². The van der Waals surface area contributed by atoms with E-state index in [-0.39, 0.29) is 18.4 Å². The van der Waals surface area contributed by atoms with Crippen molar-refractivity contribution in [2.45, 2.75) is 24.8 Å². The Balaban J connectivity index is 0.00000192. The Bertz CT molecular complexity index is 969. The summed E-state index contributed by atoms with van der Waals surface area (Å²) in [5, 5.41) is 12.8. The molecule has 5 rings (SSSR count). The van der Waals surface area contributed by atoms with Crippen molar-refractivity contribution in [2.24, 2.45) is 0 Å². The number of rotatable bonds is 4. The lowest BCUT2D eigenvalue weighted by atomic mass is 10.2. The fourth-order valence-electron chi connectivity index (χ4n) is 3.38. The Labute approximate surface area is 173 Å². The molecule has 148 valence electrons. The smallest absolute Gasteiger partial charge is 0.297 e. The van der Waals surface area contributed by atoms with Gasteiger partial charge in [0.15, 0.2) is 5.82 Å². The van der Waals surface area contributed by atoms with E-state index in [1.807, 2.05) is 28.9 Å². The number of likely N-dealkylation sites (N-methyl/N-ethyl adjacent to an activating group) is 1.